The number of aromatic nitrogens is 1. The number of benzene rings is 1. The van der Waals surface area contributed by atoms with Crippen molar-refractivity contribution in [2.75, 3.05) is 5.32 Å². The van der Waals surface area contributed by atoms with Gasteiger partial charge in [0.1, 0.15) is 6.23 Å². The topological polar surface area (TPSA) is 65.1 Å². The zero-order valence-electron chi connectivity index (χ0n) is 14.2. The SMILES string of the molecule is CCC(=O)c1cc(-c2ccc3c(c2)C(C)(C)CC(O)N3)[nH]c1C. The van der Waals surface area contributed by atoms with Crippen LogP contribution in [0.4, 0.5) is 5.69 Å². The first-order valence-corrected chi connectivity index (χ1v) is 8.14. The van der Waals surface area contributed by atoms with Gasteiger partial charge in [-0.2, -0.15) is 0 Å². The van der Waals surface area contributed by atoms with Gasteiger partial charge in [0.15, 0.2) is 5.78 Å². The fourth-order valence-electron chi connectivity index (χ4n) is 3.42. The molecule has 23 heavy (non-hydrogen) atoms. The molecule has 4 nitrogen and oxygen atoms in total. The van der Waals surface area contributed by atoms with E-state index in [1.165, 1.54) is 5.56 Å². The van der Waals surface area contributed by atoms with Crippen molar-refractivity contribution >= 4 is 11.5 Å². The van der Waals surface area contributed by atoms with E-state index >= 15 is 0 Å². The summed E-state index contributed by atoms with van der Waals surface area (Å²) in [5.41, 5.74) is 5.78. The van der Waals surface area contributed by atoms with Crippen LogP contribution in [0.25, 0.3) is 11.3 Å². The summed E-state index contributed by atoms with van der Waals surface area (Å²) in [6, 6.07) is 8.12. The van der Waals surface area contributed by atoms with Crippen molar-refractivity contribution in [2.24, 2.45) is 0 Å². The molecule has 1 aliphatic rings. The molecule has 0 saturated heterocycles. The van der Waals surface area contributed by atoms with Crippen LogP contribution in [-0.2, 0) is 5.41 Å². The number of hydrogen-bond acceptors (Lipinski definition) is 3. The smallest absolute Gasteiger partial charge is 0.164 e. The van der Waals surface area contributed by atoms with E-state index in [9.17, 15) is 9.90 Å². The Morgan fingerprint density at radius 2 is 2.09 bits per heavy atom. The van der Waals surface area contributed by atoms with Crippen LogP contribution in [-0.4, -0.2) is 22.1 Å². The normalized spacial score (nSPS) is 19.1. The third-order valence-corrected chi connectivity index (χ3v) is 4.72. The van der Waals surface area contributed by atoms with Gasteiger partial charge in [-0.05, 0) is 41.7 Å². The highest BCUT2D eigenvalue weighted by Gasteiger charge is 2.32. The van der Waals surface area contributed by atoms with E-state index in [0.29, 0.717) is 12.8 Å². The molecule has 3 rings (SSSR count). The number of fused-ring (bicyclic) bond motifs is 1. The monoisotopic (exact) mass is 312 g/mol. The number of anilines is 1. The predicted molar refractivity (Wildman–Crippen MR) is 92.9 cm³/mol. The quantitative estimate of drug-likeness (QED) is 0.751. The number of aryl methyl sites for hydroxylation is 1. The van der Waals surface area contributed by atoms with Gasteiger partial charge in [0.05, 0.1) is 0 Å². The van der Waals surface area contributed by atoms with Crippen molar-refractivity contribution in [2.45, 2.75) is 52.2 Å². The van der Waals surface area contributed by atoms with Gasteiger partial charge < -0.3 is 15.4 Å². The predicted octanol–water partition coefficient (Wildman–Crippen LogP) is 3.99. The number of aliphatic hydroxyl groups excluding tert-OH is 1. The first-order valence-electron chi connectivity index (χ1n) is 8.14. The lowest BCUT2D eigenvalue weighted by Crippen LogP contribution is -2.35. The zero-order chi connectivity index (χ0) is 16.8. The van der Waals surface area contributed by atoms with E-state index in [0.717, 1.165) is 28.2 Å². The fourth-order valence-corrected chi connectivity index (χ4v) is 3.42. The Labute approximate surface area is 136 Å². The summed E-state index contributed by atoms with van der Waals surface area (Å²) in [6.07, 6.45) is 0.675. The Morgan fingerprint density at radius 1 is 1.35 bits per heavy atom. The molecule has 0 spiro atoms. The second kappa shape index (κ2) is 5.53. The molecule has 2 heterocycles. The van der Waals surface area contributed by atoms with Crippen LogP contribution < -0.4 is 5.32 Å². The maximum atomic E-state index is 12.0. The summed E-state index contributed by atoms with van der Waals surface area (Å²) < 4.78 is 0. The van der Waals surface area contributed by atoms with Gasteiger partial charge >= 0.3 is 0 Å². The van der Waals surface area contributed by atoms with E-state index in [1.807, 2.05) is 32.0 Å². The molecule has 0 bridgehead atoms. The number of rotatable bonds is 3. The molecule has 2 aromatic rings. The lowest BCUT2D eigenvalue weighted by molar-refractivity contribution is 0.0987. The number of aliphatic hydroxyl groups is 1. The number of aromatic amines is 1. The summed E-state index contributed by atoms with van der Waals surface area (Å²) in [6.45, 7) is 8.11. The lowest BCUT2D eigenvalue weighted by Gasteiger charge is -2.36. The van der Waals surface area contributed by atoms with E-state index in [1.54, 1.807) is 0 Å². The Hall–Kier alpha value is -2.07. The number of ketones is 1. The Kier molecular flexibility index (Phi) is 3.80. The van der Waals surface area contributed by atoms with Crippen LogP contribution >= 0.6 is 0 Å². The van der Waals surface area contributed by atoms with Crippen LogP contribution in [0.1, 0.15) is 55.2 Å². The Balaban J connectivity index is 2.05. The lowest BCUT2D eigenvalue weighted by atomic mass is 9.77. The molecule has 122 valence electrons. The van der Waals surface area contributed by atoms with Gasteiger partial charge in [0.2, 0.25) is 0 Å². The molecule has 3 N–H and O–H groups in total. The minimum absolute atomic E-state index is 0.0975. The molecular weight excluding hydrogens is 288 g/mol. The number of carbonyl (C=O) groups is 1. The van der Waals surface area contributed by atoms with Gasteiger partial charge in [0.25, 0.3) is 0 Å². The molecule has 1 aromatic carbocycles. The molecular formula is C19H24N2O2. The number of hydrogen-bond donors (Lipinski definition) is 3. The average molecular weight is 312 g/mol. The highest BCUT2D eigenvalue weighted by atomic mass is 16.3. The molecule has 1 atom stereocenters. The average Bonchev–Trinajstić information content (AvgIpc) is 2.87. The van der Waals surface area contributed by atoms with Crippen molar-refractivity contribution in [3.05, 3.63) is 41.1 Å². The summed E-state index contributed by atoms with van der Waals surface area (Å²) in [7, 11) is 0. The van der Waals surface area contributed by atoms with Crippen molar-refractivity contribution < 1.29 is 9.90 Å². The first-order chi connectivity index (χ1) is 10.8. The second-order valence-electron chi connectivity index (χ2n) is 7.01. The van der Waals surface area contributed by atoms with Gasteiger partial charge in [0, 0.05) is 35.5 Å². The van der Waals surface area contributed by atoms with Crippen molar-refractivity contribution in [1.82, 2.24) is 4.98 Å². The maximum absolute atomic E-state index is 12.0. The van der Waals surface area contributed by atoms with Gasteiger partial charge in [-0.15, -0.1) is 0 Å². The molecule has 1 aliphatic heterocycles. The molecule has 0 amide bonds. The third kappa shape index (κ3) is 2.79. The van der Waals surface area contributed by atoms with Gasteiger partial charge in [-0.25, -0.2) is 0 Å². The molecule has 4 heteroatoms. The number of Topliss-reactive ketones (excluding diaryl/α,β-unsaturated/α-hetero) is 1. The minimum atomic E-state index is -0.509. The molecule has 0 saturated carbocycles. The Morgan fingerprint density at radius 3 is 2.78 bits per heavy atom. The highest BCUT2D eigenvalue weighted by molar-refractivity contribution is 5.98. The van der Waals surface area contributed by atoms with Crippen LogP contribution in [0.15, 0.2) is 24.3 Å². The van der Waals surface area contributed by atoms with Gasteiger partial charge in [-0.1, -0.05) is 26.8 Å². The van der Waals surface area contributed by atoms with Crippen molar-refractivity contribution in [3.63, 3.8) is 0 Å². The van der Waals surface area contributed by atoms with Crippen molar-refractivity contribution in [1.29, 1.82) is 0 Å². The van der Waals surface area contributed by atoms with Crippen LogP contribution in [0.2, 0.25) is 0 Å². The van der Waals surface area contributed by atoms with Gasteiger partial charge in [-0.3, -0.25) is 4.79 Å². The summed E-state index contributed by atoms with van der Waals surface area (Å²) in [5.74, 6) is 0.160. The van der Waals surface area contributed by atoms with E-state index in [2.05, 4.69) is 30.2 Å². The Bertz CT molecular complexity index is 759. The molecule has 0 fully saturated rings. The summed E-state index contributed by atoms with van der Waals surface area (Å²) in [5, 5.41) is 13.1. The van der Waals surface area contributed by atoms with Crippen LogP contribution in [0, 0.1) is 6.92 Å². The number of H-pyrrole nitrogens is 1. The molecule has 1 aromatic heterocycles. The van der Waals surface area contributed by atoms with E-state index in [-0.39, 0.29) is 11.2 Å². The molecule has 1 unspecified atom stereocenters. The largest absolute Gasteiger partial charge is 0.374 e. The minimum Gasteiger partial charge on any atom is -0.374 e. The standard InChI is InChI=1S/C19H24N2O2/c1-5-17(22)13-9-16(20-11(13)2)12-6-7-15-14(8-12)19(3,4)10-18(23)21-15/h6-9,18,20-21,23H,5,10H2,1-4H3. The first kappa shape index (κ1) is 15.8. The van der Waals surface area contributed by atoms with Crippen LogP contribution in [0.5, 0.6) is 0 Å². The number of carbonyl (C=O) groups excluding carboxylic acids is 1. The van der Waals surface area contributed by atoms with Crippen LogP contribution in [0.3, 0.4) is 0 Å². The summed E-state index contributed by atoms with van der Waals surface area (Å²) >= 11 is 0. The number of nitrogens with one attached hydrogen (secondary N) is 2. The zero-order valence-corrected chi connectivity index (χ0v) is 14.2. The maximum Gasteiger partial charge on any atom is 0.164 e. The third-order valence-electron chi connectivity index (χ3n) is 4.72. The fraction of sp³-hybridized carbons (Fsp3) is 0.421. The molecule has 0 radical (unpaired) electrons. The van der Waals surface area contributed by atoms with E-state index < -0.39 is 6.23 Å². The highest BCUT2D eigenvalue weighted by Crippen LogP contribution is 2.40. The summed E-state index contributed by atoms with van der Waals surface area (Å²) in [4.78, 5) is 15.3. The van der Waals surface area contributed by atoms with E-state index in [4.69, 9.17) is 0 Å². The second-order valence-corrected chi connectivity index (χ2v) is 7.01. The van der Waals surface area contributed by atoms with Crippen molar-refractivity contribution in [3.8, 4) is 11.3 Å². The molecule has 0 aliphatic carbocycles.